The van der Waals surface area contributed by atoms with Crippen molar-refractivity contribution in [1.29, 1.82) is 0 Å². The molecule has 0 spiro atoms. The molecule has 4 rings (SSSR count). The third-order valence-corrected chi connectivity index (χ3v) is 6.53. The number of aliphatic hydroxyl groups excluding tert-OH is 1. The van der Waals surface area contributed by atoms with Gasteiger partial charge in [0.1, 0.15) is 30.3 Å². The van der Waals surface area contributed by atoms with Gasteiger partial charge in [0.2, 0.25) is 17.7 Å². The van der Waals surface area contributed by atoms with E-state index in [9.17, 15) is 18.8 Å². The summed E-state index contributed by atoms with van der Waals surface area (Å²) in [5.74, 6) is -0.705. The number of benzene rings is 3. The highest BCUT2D eigenvalue weighted by Crippen LogP contribution is 2.31. The molecular formula is C31H30ClFN6O5. The minimum Gasteiger partial charge on any atom is -0.487 e. The Bertz CT molecular complexity index is 1680. The van der Waals surface area contributed by atoms with Gasteiger partial charge in [-0.1, -0.05) is 23.7 Å². The number of carbonyl (C=O) groups is 3. The number of hydrogen-bond acceptors (Lipinski definition) is 8. The second kappa shape index (κ2) is 15.4. The molecule has 0 radical (unpaired) electrons. The molecule has 0 atom stereocenters. The molecule has 0 fully saturated rings. The van der Waals surface area contributed by atoms with E-state index in [2.05, 4.69) is 25.9 Å². The number of fused-ring (bicyclic) bond motifs is 1. The summed E-state index contributed by atoms with van der Waals surface area (Å²) in [6.45, 7) is 0.186. The van der Waals surface area contributed by atoms with E-state index in [1.165, 1.54) is 30.4 Å². The monoisotopic (exact) mass is 620 g/mol. The summed E-state index contributed by atoms with van der Waals surface area (Å²) in [5.41, 5.74) is 2.45. The topological polar surface area (TPSA) is 146 Å². The molecule has 0 aliphatic rings. The van der Waals surface area contributed by atoms with Gasteiger partial charge < -0.3 is 30.7 Å². The van der Waals surface area contributed by atoms with Crippen LogP contribution in [0, 0.1) is 5.82 Å². The van der Waals surface area contributed by atoms with Crippen LogP contribution in [0.25, 0.3) is 10.9 Å². The average Bonchev–Trinajstić information content (AvgIpc) is 3.00. The number of aromatic nitrogens is 2. The van der Waals surface area contributed by atoms with Gasteiger partial charge in [0.25, 0.3) is 0 Å². The maximum Gasteiger partial charge on any atom is 0.246 e. The van der Waals surface area contributed by atoms with E-state index in [0.717, 1.165) is 12.2 Å². The number of rotatable bonds is 13. The van der Waals surface area contributed by atoms with Crippen LogP contribution in [0.2, 0.25) is 5.02 Å². The zero-order valence-corrected chi connectivity index (χ0v) is 24.5. The maximum absolute atomic E-state index is 13.4. The van der Waals surface area contributed by atoms with Gasteiger partial charge in [-0.3, -0.25) is 14.4 Å². The van der Waals surface area contributed by atoms with Crippen LogP contribution in [0.5, 0.6) is 5.75 Å². The molecule has 0 saturated carbocycles. The summed E-state index contributed by atoms with van der Waals surface area (Å²) in [7, 11) is 1.50. The maximum atomic E-state index is 13.4. The van der Waals surface area contributed by atoms with Crippen molar-refractivity contribution in [2.75, 3.05) is 37.4 Å². The summed E-state index contributed by atoms with van der Waals surface area (Å²) in [6, 6.07) is 16.4. The van der Waals surface area contributed by atoms with Gasteiger partial charge in [-0.15, -0.1) is 0 Å². The summed E-state index contributed by atoms with van der Waals surface area (Å²) >= 11 is 6.44. The van der Waals surface area contributed by atoms with Crippen molar-refractivity contribution in [3.05, 3.63) is 95.5 Å². The summed E-state index contributed by atoms with van der Waals surface area (Å²) < 4.78 is 19.2. The predicted octanol–water partition coefficient (Wildman–Crippen LogP) is 4.20. The number of ether oxygens (including phenoxy) is 1. The Hall–Kier alpha value is -5.07. The first-order chi connectivity index (χ1) is 21.2. The molecule has 0 bridgehead atoms. The third-order valence-electron chi connectivity index (χ3n) is 6.24. The third kappa shape index (κ3) is 9.21. The summed E-state index contributed by atoms with van der Waals surface area (Å²) in [4.78, 5) is 46.1. The number of halogens is 2. The van der Waals surface area contributed by atoms with Crippen LogP contribution >= 0.6 is 11.6 Å². The molecule has 4 N–H and O–H groups in total. The van der Waals surface area contributed by atoms with E-state index in [4.69, 9.17) is 21.4 Å². The Morgan fingerprint density at radius 2 is 1.86 bits per heavy atom. The van der Waals surface area contributed by atoms with E-state index in [1.807, 2.05) is 0 Å². The molecule has 0 aliphatic heterocycles. The zero-order valence-electron chi connectivity index (χ0n) is 23.7. The van der Waals surface area contributed by atoms with E-state index < -0.39 is 11.8 Å². The quantitative estimate of drug-likeness (QED) is 0.163. The second-order valence-corrected chi connectivity index (χ2v) is 9.96. The molecule has 228 valence electrons. The molecule has 1 heterocycles. The summed E-state index contributed by atoms with van der Waals surface area (Å²) in [5, 5.41) is 18.4. The highest BCUT2D eigenvalue weighted by Gasteiger charge is 2.11. The van der Waals surface area contributed by atoms with Crippen molar-refractivity contribution in [2.45, 2.75) is 13.0 Å². The van der Waals surface area contributed by atoms with Crippen LogP contribution in [-0.2, 0) is 21.0 Å². The Labute approximate surface area is 257 Å². The molecule has 11 nitrogen and oxygen atoms in total. The highest BCUT2D eigenvalue weighted by molar-refractivity contribution is 6.32. The van der Waals surface area contributed by atoms with Crippen molar-refractivity contribution in [2.24, 2.45) is 0 Å². The first kappa shape index (κ1) is 31.9. The number of nitrogens with one attached hydrogen (secondary N) is 3. The van der Waals surface area contributed by atoms with Gasteiger partial charge in [0, 0.05) is 55.5 Å². The minimum atomic E-state index is -0.520. The lowest BCUT2D eigenvalue weighted by molar-refractivity contribution is -0.125. The van der Waals surface area contributed by atoms with Gasteiger partial charge in [-0.2, -0.15) is 0 Å². The van der Waals surface area contributed by atoms with Crippen LogP contribution in [0.1, 0.15) is 12.0 Å². The van der Waals surface area contributed by atoms with Gasteiger partial charge in [0.05, 0.1) is 17.1 Å². The molecule has 3 amide bonds. The summed E-state index contributed by atoms with van der Waals surface area (Å²) in [6.07, 6.45) is 3.58. The lowest BCUT2D eigenvalue weighted by atomic mass is 10.2. The predicted molar refractivity (Wildman–Crippen MR) is 165 cm³/mol. The smallest absolute Gasteiger partial charge is 0.246 e. The van der Waals surface area contributed by atoms with Gasteiger partial charge >= 0.3 is 0 Å². The number of hydrogen-bond donors (Lipinski definition) is 4. The number of nitrogens with zero attached hydrogens (tertiary/aromatic N) is 3. The zero-order chi connectivity index (χ0) is 31.5. The van der Waals surface area contributed by atoms with Crippen LogP contribution in [0.15, 0.2) is 79.1 Å². The van der Waals surface area contributed by atoms with Gasteiger partial charge in [0.15, 0.2) is 0 Å². The molecule has 44 heavy (non-hydrogen) atoms. The molecule has 3 aromatic carbocycles. The number of anilines is 3. The molecular weight excluding hydrogens is 591 g/mol. The van der Waals surface area contributed by atoms with Crippen LogP contribution in [0.3, 0.4) is 0 Å². The first-order valence-electron chi connectivity index (χ1n) is 13.5. The Morgan fingerprint density at radius 1 is 1.05 bits per heavy atom. The lowest BCUT2D eigenvalue weighted by Gasteiger charge is -2.13. The Balaban J connectivity index is 1.33. The number of amides is 3. The lowest BCUT2D eigenvalue weighted by Crippen LogP contribution is -2.29. The van der Waals surface area contributed by atoms with Crippen molar-refractivity contribution < 1.29 is 28.6 Å². The van der Waals surface area contributed by atoms with Crippen molar-refractivity contribution >= 4 is 57.4 Å². The van der Waals surface area contributed by atoms with Crippen LogP contribution < -0.4 is 20.7 Å². The first-order valence-corrected chi connectivity index (χ1v) is 13.9. The van der Waals surface area contributed by atoms with Gasteiger partial charge in [-0.25, -0.2) is 14.4 Å². The number of carbonyl (C=O) groups excluding carboxylic acids is 3. The van der Waals surface area contributed by atoms with Crippen LogP contribution in [0.4, 0.5) is 21.6 Å². The van der Waals surface area contributed by atoms with E-state index in [-0.39, 0.29) is 44.4 Å². The SMILES string of the molecule is CN(CCO)C(=O)C=CC(=O)NCCC(=O)Nc1ccc2ncnc(Nc3ccc(OCc4cccc(F)c4)c(Cl)c3)c2c1. The fourth-order valence-corrected chi connectivity index (χ4v) is 4.21. The number of aliphatic hydroxyl groups is 1. The van der Waals surface area contributed by atoms with Crippen LogP contribution in [-0.4, -0.2) is 64.4 Å². The molecule has 13 heteroatoms. The van der Waals surface area contributed by atoms with E-state index >= 15 is 0 Å². The van der Waals surface area contributed by atoms with Gasteiger partial charge in [-0.05, 0) is 54.1 Å². The number of likely N-dealkylation sites (N-methyl/N-ethyl adjacent to an activating group) is 1. The van der Waals surface area contributed by atoms with Crippen molar-refractivity contribution in [1.82, 2.24) is 20.2 Å². The molecule has 0 saturated heterocycles. The Kier molecular flexibility index (Phi) is 11.2. The largest absolute Gasteiger partial charge is 0.487 e. The second-order valence-electron chi connectivity index (χ2n) is 9.55. The van der Waals surface area contributed by atoms with Crippen molar-refractivity contribution in [3.8, 4) is 5.75 Å². The molecule has 0 unspecified atom stereocenters. The standard InChI is InChI=1S/C31H30ClFN6O5/c1-39(13-14-40)30(43)10-9-28(41)34-12-11-29(42)37-22-5-7-26-24(16-22)31(36-19-35-26)38-23-6-8-27(25(32)17-23)44-18-20-3-2-4-21(33)15-20/h2-10,15-17,19,40H,11-14,18H2,1H3,(H,34,41)(H,37,42)(H,35,36,38). The fraction of sp³-hybridized carbons (Fsp3) is 0.194. The normalized spacial score (nSPS) is 10.9. The Morgan fingerprint density at radius 3 is 2.64 bits per heavy atom. The molecule has 4 aromatic rings. The molecule has 1 aromatic heterocycles. The fourth-order valence-electron chi connectivity index (χ4n) is 3.97. The molecule has 0 aliphatic carbocycles. The van der Waals surface area contributed by atoms with E-state index in [0.29, 0.717) is 44.4 Å². The van der Waals surface area contributed by atoms with Crippen molar-refractivity contribution in [3.63, 3.8) is 0 Å². The van der Waals surface area contributed by atoms with E-state index in [1.54, 1.807) is 48.5 Å². The average molecular weight is 621 g/mol. The highest BCUT2D eigenvalue weighted by atomic mass is 35.5. The minimum absolute atomic E-state index is 0.00148.